The summed E-state index contributed by atoms with van der Waals surface area (Å²) in [5.74, 6) is -0.279. The molecule has 0 unspecified atom stereocenters. The lowest BCUT2D eigenvalue weighted by Crippen LogP contribution is -2.35. The lowest BCUT2D eigenvalue weighted by molar-refractivity contribution is 0.0601. The van der Waals surface area contributed by atoms with Crippen LogP contribution in [0.4, 0.5) is 11.4 Å². The van der Waals surface area contributed by atoms with Crippen molar-refractivity contribution in [2.45, 2.75) is 6.92 Å². The van der Waals surface area contributed by atoms with Crippen LogP contribution in [0.3, 0.4) is 0 Å². The van der Waals surface area contributed by atoms with E-state index >= 15 is 0 Å². The average molecular weight is 220 g/mol. The largest absolute Gasteiger partial charge is 0.465 e. The maximum Gasteiger partial charge on any atom is 0.340 e. The number of carbonyl (C=O) groups is 1. The predicted octanol–water partition coefficient (Wildman–Crippen LogP) is 1.72. The van der Waals surface area contributed by atoms with Crippen LogP contribution in [0.5, 0.6) is 0 Å². The summed E-state index contributed by atoms with van der Waals surface area (Å²) in [4.78, 5) is 13.9. The highest BCUT2D eigenvalue weighted by Crippen LogP contribution is 2.32. The molecule has 2 rings (SSSR count). The van der Waals surface area contributed by atoms with Crippen molar-refractivity contribution >= 4 is 17.3 Å². The molecule has 1 N–H and O–H groups in total. The SMILES string of the molecule is CCN1CCNc2cccc(C(=O)OC)c21. The number of ether oxygens (including phenoxy) is 1. The molecule has 0 amide bonds. The molecular formula is C12H16N2O2. The first-order valence-corrected chi connectivity index (χ1v) is 5.48. The number of nitrogens with one attached hydrogen (secondary N) is 1. The molecule has 1 aromatic carbocycles. The summed E-state index contributed by atoms with van der Waals surface area (Å²) in [6, 6.07) is 5.67. The number of methoxy groups -OCH3 is 1. The Morgan fingerprint density at radius 3 is 3.06 bits per heavy atom. The number of hydrogen-bond acceptors (Lipinski definition) is 4. The van der Waals surface area contributed by atoms with E-state index in [-0.39, 0.29) is 5.97 Å². The van der Waals surface area contributed by atoms with Crippen LogP contribution in [0.1, 0.15) is 17.3 Å². The summed E-state index contributed by atoms with van der Waals surface area (Å²) in [6.07, 6.45) is 0. The zero-order valence-corrected chi connectivity index (χ0v) is 9.62. The third kappa shape index (κ3) is 1.71. The van der Waals surface area contributed by atoms with Crippen LogP contribution >= 0.6 is 0 Å². The third-order valence-corrected chi connectivity index (χ3v) is 2.84. The standard InChI is InChI=1S/C12H16N2O2/c1-3-14-8-7-13-10-6-4-5-9(11(10)14)12(15)16-2/h4-6,13H,3,7-8H2,1-2H3. The van der Waals surface area contributed by atoms with Gasteiger partial charge in [-0.15, -0.1) is 0 Å². The van der Waals surface area contributed by atoms with Gasteiger partial charge < -0.3 is 15.0 Å². The van der Waals surface area contributed by atoms with Gasteiger partial charge in [-0.3, -0.25) is 0 Å². The van der Waals surface area contributed by atoms with Crippen molar-refractivity contribution in [1.29, 1.82) is 0 Å². The average Bonchev–Trinajstić information content (AvgIpc) is 2.36. The summed E-state index contributed by atoms with van der Waals surface area (Å²) in [5, 5.41) is 3.30. The van der Waals surface area contributed by atoms with E-state index in [1.807, 2.05) is 12.1 Å². The molecule has 0 saturated heterocycles. The molecule has 0 fully saturated rings. The van der Waals surface area contributed by atoms with Crippen molar-refractivity contribution in [3.8, 4) is 0 Å². The summed E-state index contributed by atoms with van der Waals surface area (Å²) < 4.78 is 4.80. The van der Waals surface area contributed by atoms with Gasteiger partial charge in [0.25, 0.3) is 0 Å². The molecule has 0 saturated carbocycles. The smallest absolute Gasteiger partial charge is 0.340 e. The molecule has 0 radical (unpaired) electrons. The summed E-state index contributed by atoms with van der Waals surface area (Å²) in [5.41, 5.74) is 2.60. The molecule has 1 heterocycles. The van der Waals surface area contributed by atoms with Crippen LogP contribution in [-0.2, 0) is 4.74 Å². The quantitative estimate of drug-likeness (QED) is 0.771. The molecule has 0 atom stereocenters. The van der Waals surface area contributed by atoms with Gasteiger partial charge in [-0.2, -0.15) is 0 Å². The van der Waals surface area contributed by atoms with Crippen molar-refractivity contribution in [2.75, 3.05) is 37.0 Å². The van der Waals surface area contributed by atoms with Crippen molar-refractivity contribution < 1.29 is 9.53 Å². The van der Waals surface area contributed by atoms with Crippen molar-refractivity contribution in [3.05, 3.63) is 23.8 Å². The molecule has 0 spiro atoms. The first-order chi connectivity index (χ1) is 7.77. The number of rotatable bonds is 2. The Hall–Kier alpha value is -1.71. The molecule has 4 heteroatoms. The Morgan fingerprint density at radius 2 is 2.38 bits per heavy atom. The fourth-order valence-electron chi connectivity index (χ4n) is 2.06. The lowest BCUT2D eigenvalue weighted by Gasteiger charge is -2.32. The molecule has 0 aromatic heterocycles. The maximum atomic E-state index is 11.7. The zero-order chi connectivity index (χ0) is 11.5. The molecule has 86 valence electrons. The number of esters is 1. The van der Waals surface area contributed by atoms with Crippen LogP contribution in [0.2, 0.25) is 0 Å². The van der Waals surface area contributed by atoms with Gasteiger partial charge in [-0.25, -0.2) is 4.79 Å². The molecule has 16 heavy (non-hydrogen) atoms. The van der Waals surface area contributed by atoms with E-state index < -0.39 is 0 Å². The van der Waals surface area contributed by atoms with Crippen molar-refractivity contribution in [2.24, 2.45) is 0 Å². The molecule has 4 nitrogen and oxygen atoms in total. The number of anilines is 2. The highest BCUT2D eigenvalue weighted by molar-refractivity contribution is 5.99. The van der Waals surface area contributed by atoms with Gasteiger partial charge in [-0.1, -0.05) is 6.07 Å². The monoisotopic (exact) mass is 220 g/mol. The number of hydrogen-bond donors (Lipinski definition) is 1. The minimum atomic E-state index is -0.279. The van der Waals surface area contributed by atoms with Gasteiger partial charge in [0.1, 0.15) is 0 Å². The lowest BCUT2D eigenvalue weighted by atomic mass is 10.1. The topological polar surface area (TPSA) is 41.6 Å². The second kappa shape index (κ2) is 4.43. The van der Waals surface area contributed by atoms with Crippen LogP contribution in [-0.4, -0.2) is 32.7 Å². The summed E-state index contributed by atoms with van der Waals surface area (Å²) >= 11 is 0. The second-order valence-electron chi connectivity index (χ2n) is 3.70. The molecule has 1 aliphatic heterocycles. The van der Waals surface area contributed by atoms with Gasteiger partial charge >= 0.3 is 5.97 Å². The number of nitrogens with zero attached hydrogens (tertiary/aromatic N) is 1. The number of benzene rings is 1. The fraction of sp³-hybridized carbons (Fsp3) is 0.417. The van der Waals surface area contributed by atoms with E-state index in [9.17, 15) is 4.79 Å². The number of likely N-dealkylation sites (N-methyl/N-ethyl adjacent to an activating group) is 1. The van der Waals surface area contributed by atoms with E-state index in [1.54, 1.807) is 6.07 Å². The second-order valence-corrected chi connectivity index (χ2v) is 3.70. The van der Waals surface area contributed by atoms with Crippen molar-refractivity contribution in [3.63, 3.8) is 0 Å². The highest BCUT2D eigenvalue weighted by atomic mass is 16.5. The Kier molecular flexibility index (Phi) is 2.99. The van der Waals surface area contributed by atoms with Gasteiger partial charge in [-0.05, 0) is 19.1 Å². The first-order valence-electron chi connectivity index (χ1n) is 5.48. The number of para-hydroxylation sites is 1. The van der Waals surface area contributed by atoms with Crippen molar-refractivity contribution in [1.82, 2.24) is 0 Å². The minimum absolute atomic E-state index is 0.279. The fourth-order valence-corrected chi connectivity index (χ4v) is 2.06. The van der Waals surface area contributed by atoms with Crippen LogP contribution in [0.15, 0.2) is 18.2 Å². The Balaban J connectivity index is 2.50. The van der Waals surface area contributed by atoms with E-state index in [0.29, 0.717) is 5.56 Å². The van der Waals surface area contributed by atoms with E-state index in [2.05, 4.69) is 17.1 Å². The Morgan fingerprint density at radius 1 is 1.56 bits per heavy atom. The van der Waals surface area contributed by atoms with Crippen LogP contribution in [0, 0.1) is 0 Å². The van der Waals surface area contributed by atoms with Crippen LogP contribution < -0.4 is 10.2 Å². The van der Waals surface area contributed by atoms with Gasteiger partial charge in [0.05, 0.1) is 24.0 Å². The maximum absolute atomic E-state index is 11.7. The zero-order valence-electron chi connectivity index (χ0n) is 9.62. The number of carbonyl (C=O) groups excluding carboxylic acids is 1. The molecule has 0 aliphatic carbocycles. The normalized spacial score (nSPS) is 14.0. The Labute approximate surface area is 95.2 Å². The highest BCUT2D eigenvalue weighted by Gasteiger charge is 2.22. The molecular weight excluding hydrogens is 204 g/mol. The van der Waals surface area contributed by atoms with E-state index in [1.165, 1.54) is 7.11 Å². The van der Waals surface area contributed by atoms with Gasteiger partial charge in [0.15, 0.2) is 0 Å². The van der Waals surface area contributed by atoms with Gasteiger partial charge in [0, 0.05) is 19.6 Å². The third-order valence-electron chi connectivity index (χ3n) is 2.84. The predicted molar refractivity (Wildman–Crippen MR) is 64.2 cm³/mol. The van der Waals surface area contributed by atoms with Crippen LogP contribution in [0.25, 0.3) is 0 Å². The molecule has 0 bridgehead atoms. The number of fused-ring (bicyclic) bond motifs is 1. The molecule has 1 aliphatic rings. The first kappa shape index (κ1) is 10.8. The van der Waals surface area contributed by atoms with Gasteiger partial charge in [0.2, 0.25) is 0 Å². The van der Waals surface area contributed by atoms with E-state index in [4.69, 9.17) is 4.74 Å². The summed E-state index contributed by atoms with van der Waals surface area (Å²) in [7, 11) is 1.41. The van der Waals surface area contributed by atoms with E-state index in [0.717, 1.165) is 31.0 Å². The molecule has 1 aromatic rings. The summed E-state index contributed by atoms with van der Waals surface area (Å²) in [6.45, 7) is 4.80. The minimum Gasteiger partial charge on any atom is -0.465 e. The Bertz CT molecular complexity index is 404.